The summed E-state index contributed by atoms with van der Waals surface area (Å²) in [7, 11) is 0. The van der Waals surface area contributed by atoms with E-state index in [0.717, 1.165) is 0 Å². The monoisotopic (exact) mass is 278 g/mol. The molecule has 0 radical (unpaired) electrons. The Morgan fingerprint density at radius 3 is 2.93 bits per heavy atom. The minimum Gasteiger partial charge on any atom is -0.481 e. The van der Waals surface area contributed by atoms with Gasteiger partial charge in [-0.2, -0.15) is 0 Å². The molecule has 14 heavy (non-hydrogen) atoms. The molecule has 0 bridgehead atoms. The summed E-state index contributed by atoms with van der Waals surface area (Å²) >= 11 is 8.90. The van der Waals surface area contributed by atoms with E-state index < -0.39 is 12.0 Å². The molecular formula is C8H8BrClN2O2. The van der Waals surface area contributed by atoms with Crippen molar-refractivity contribution in [3.8, 4) is 0 Å². The molecule has 0 aromatic carbocycles. The highest BCUT2D eigenvalue weighted by molar-refractivity contribution is 9.10. The van der Waals surface area contributed by atoms with Crippen LogP contribution >= 0.6 is 27.5 Å². The zero-order valence-corrected chi connectivity index (χ0v) is 9.42. The number of aliphatic carboxylic acids is 1. The second kappa shape index (κ2) is 4.72. The minimum absolute atomic E-state index is 0.159. The summed E-state index contributed by atoms with van der Waals surface area (Å²) in [6.07, 6.45) is 1.27. The van der Waals surface area contributed by atoms with Crippen molar-refractivity contribution < 1.29 is 9.90 Å². The molecule has 0 amide bonds. The van der Waals surface area contributed by atoms with Gasteiger partial charge in [-0.1, -0.05) is 11.6 Å². The summed E-state index contributed by atoms with van der Waals surface area (Å²) in [5.74, 6) is -0.957. The first-order valence-electron chi connectivity index (χ1n) is 3.79. The van der Waals surface area contributed by atoms with Gasteiger partial charge in [0.2, 0.25) is 0 Å². The fourth-order valence-corrected chi connectivity index (χ4v) is 1.92. The van der Waals surface area contributed by atoms with Crippen LogP contribution in [0.25, 0.3) is 0 Å². The maximum atomic E-state index is 10.4. The van der Waals surface area contributed by atoms with E-state index in [1.807, 2.05) is 0 Å². The molecular weight excluding hydrogens is 271 g/mol. The number of hydrogen-bond acceptors (Lipinski definition) is 3. The van der Waals surface area contributed by atoms with Crippen LogP contribution < -0.4 is 5.73 Å². The van der Waals surface area contributed by atoms with E-state index in [0.29, 0.717) is 15.2 Å². The number of hydrogen-bond donors (Lipinski definition) is 2. The highest BCUT2D eigenvalue weighted by Crippen LogP contribution is 2.24. The molecule has 0 unspecified atom stereocenters. The molecule has 1 atom stereocenters. The summed E-state index contributed by atoms with van der Waals surface area (Å²) in [5, 5.41) is 9.02. The maximum Gasteiger partial charge on any atom is 0.305 e. The Morgan fingerprint density at radius 1 is 1.79 bits per heavy atom. The van der Waals surface area contributed by atoms with Gasteiger partial charge in [0.25, 0.3) is 0 Å². The molecule has 76 valence electrons. The van der Waals surface area contributed by atoms with E-state index in [4.69, 9.17) is 22.4 Å². The molecule has 4 nitrogen and oxygen atoms in total. The molecule has 0 aliphatic carbocycles. The molecule has 0 aliphatic rings. The molecule has 0 spiro atoms. The van der Waals surface area contributed by atoms with Gasteiger partial charge in [-0.3, -0.25) is 9.78 Å². The van der Waals surface area contributed by atoms with Gasteiger partial charge in [-0.15, -0.1) is 0 Å². The topological polar surface area (TPSA) is 76.2 Å². The van der Waals surface area contributed by atoms with E-state index in [1.54, 1.807) is 6.07 Å². The van der Waals surface area contributed by atoms with Crippen molar-refractivity contribution in [1.82, 2.24) is 4.98 Å². The zero-order chi connectivity index (χ0) is 10.7. The highest BCUT2D eigenvalue weighted by Gasteiger charge is 2.15. The van der Waals surface area contributed by atoms with E-state index in [-0.39, 0.29) is 6.42 Å². The van der Waals surface area contributed by atoms with Gasteiger partial charge in [0.15, 0.2) is 0 Å². The van der Waals surface area contributed by atoms with Crippen molar-refractivity contribution in [1.29, 1.82) is 0 Å². The number of nitrogens with two attached hydrogens (primary N) is 1. The van der Waals surface area contributed by atoms with Crippen LogP contribution in [0.3, 0.4) is 0 Å². The molecule has 0 aliphatic heterocycles. The van der Waals surface area contributed by atoms with Gasteiger partial charge in [0.05, 0.1) is 23.2 Å². The summed E-state index contributed by atoms with van der Waals surface area (Å²) in [6.45, 7) is 0. The number of aromatic nitrogens is 1. The second-order valence-corrected chi connectivity index (χ2v) is 4.02. The van der Waals surface area contributed by atoms with Crippen molar-refractivity contribution in [2.45, 2.75) is 12.5 Å². The van der Waals surface area contributed by atoms with Crippen LogP contribution in [0.2, 0.25) is 5.02 Å². The third-order valence-electron chi connectivity index (χ3n) is 1.58. The van der Waals surface area contributed by atoms with E-state index in [1.165, 1.54) is 6.20 Å². The van der Waals surface area contributed by atoms with E-state index in [9.17, 15) is 4.79 Å². The Kier molecular flexibility index (Phi) is 3.86. The number of carboxylic acid groups (broad SMARTS) is 1. The third kappa shape index (κ3) is 2.94. The lowest BCUT2D eigenvalue weighted by Crippen LogP contribution is -2.16. The average Bonchev–Trinajstić information content (AvgIpc) is 2.01. The lowest BCUT2D eigenvalue weighted by molar-refractivity contribution is -0.137. The lowest BCUT2D eigenvalue weighted by atomic mass is 10.1. The molecule has 0 fully saturated rings. The molecule has 6 heteroatoms. The van der Waals surface area contributed by atoms with Crippen LogP contribution in [0.4, 0.5) is 0 Å². The standard InChI is InChI=1S/C8H8BrClN2O2/c9-5-1-4(10)3-12-8(5)6(11)2-7(13)14/h1,3,6H,2,11H2,(H,13,14)/t6-/m1/s1. The fraction of sp³-hybridized carbons (Fsp3) is 0.250. The fourth-order valence-electron chi connectivity index (χ4n) is 0.983. The van der Waals surface area contributed by atoms with Crippen LogP contribution in [-0.2, 0) is 4.79 Å². The zero-order valence-electron chi connectivity index (χ0n) is 7.08. The Bertz CT molecular complexity index is 359. The van der Waals surface area contributed by atoms with Gasteiger partial charge < -0.3 is 10.8 Å². The first-order chi connectivity index (χ1) is 6.50. The first-order valence-corrected chi connectivity index (χ1v) is 4.96. The van der Waals surface area contributed by atoms with Crippen LogP contribution in [0.15, 0.2) is 16.7 Å². The largest absolute Gasteiger partial charge is 0.481 e. The van der Waals surface area contributed by atoms with Crippen molar-refractivity contribution in [2.75, 3.05) is 0 Å². The van der Waals surface area contributed by atoms with Crippen LogP contribution in [0, 0.1) is 0 Å². The molecule has 3 N–H and O–H groups in total. The molecule has 1 aromatic rings. The number of nitrogens with zero attached hydrogens (tertiary/aromatic N) is 1. The Morgan fingerprint density at radius 2 is 2.43 bits per heavy atom. The van der Waals surface area contributed by atoms with Crippen molar-refractivity contribution in [3.05, 3.63) is 27.5 Å². The SMILES string of the molecule is N[C@H](CC(=O)O)c1ncc(Cl)cc1Br. The number of rotatable bonds is 3. The molecule has 0 saturated carbocycles. The Labute approximate surface area is 94.2 Å². The number of halogens is 2. The van der Waals surface area contributed by atoms with Gasteiger partial charge in [-0.05, 0) is 22.0 Å². The maximum absolute atomic E-state index is 10.4. The number of carbonyl (C=O) groups is 1. The normalized spacial score (nSPS) is 12.5. The number of pyridine rings is 1. The minimum atomic E-state index is -0.957. The smallest absolute Gasteiger partial charge is 0.305 e. The quantitative estimate of drug-likeness (QED) is 0.887. The third-order valence-corrected chi connectivity index (χ3v) is 2.42. The summed E-state index contributed by atoms with van der Waals surface area (Å²) < 4.78 is 0.624. The van der Waals surface area contributed by atoms with Crippen LogP contribution in [-0.4, -0.2) is 16.1 Å². The van der Waals surface area contributed by atoms with Crippen LogP contribution in [0.5, 0.6) is 0 Å². The van der Waals surface area contributed by atoms with Gasteiger partial charge >= 0.3 is 5.97 Å². The van der Waals surface area contributed by atoms with E-state index in [2.05, 4.69) is 20.9 Å². The Balaban J connectivity index is 2.90. The van der Waals surface area contributed by atoms with Crippen molar-refractivity contribution in [3.63, 3.8) is 0 Å². The predicted octanol–water partition coefficient (Wildman–Crippen LogP) is 1.97. The van der Waals surface area contributed by atoms with Gasteiger partial charge in [0, 0.05) is 10.7 Å². The van der Waals surface area contributed by atoms with Crippen molar-refractivity contribution >= 4 is 33.5 Å². The first kappa shape index (κ1) is 11.4. The summed E-state index contributed by atoms with van der Waals surface area (Å²) in [5.41, 5.74) is 6.13. The van der Waals surface area contributed by atoms with Crippen LogP contribution in [0.1, 0.15) is 18.2 Å². The molecule has 1 aromatic heterocycles. The summed E-state index contributed by atoms with van der Waals surface area (Å²) in [4.78, 5) is 14.4. The summed E-state index contributed by atoms with van der Waals surface area (Å²) in [6, 6.07) is 1.00. The van der Waals surface area contributed by atoms with E-state index >= 15 is 0 Å². The molecule has 1 rings (SSSR count). The second-order valence-electron chi connectivity index (χ2n) is 2.72. The van der Waals surface area contributed by atoms with Gasteiger partial charge in [0.1, 0.15) is 0 Å². The molecule has 1 heterocycles. The lowest BCUT2D eigenvalue weighted by Gasteiger charge is -2.10. The van der Waals surface area contributed by atoms with Gasteiger partial charge in [-0.25, -0.2) is 0 Å². The predicted molar refractivity (Wildman–Crippen MR) is 56.1 cm³/mol. The molecule has 0 saturated heterocycles. The highest BCUT2D eigenvalue weighted by atomic mass is 79.9. The Hall–Kier alpha value is -0.650. The number of carboxylic acids is 1. The van der Waals surface area contributed by atoms with Crippen molar-refractivity contribution in [2.24, 2.45) is 5.73 Å². The average molecular weight is 280 g/mol.